The summed E-state index contributed by atoms with van der Waals surface area (Å²) in [5, 5.41) is 5.71. The van der Waals surface area contributed by atoms with Gasteiger partial charge < -0.3 is 25.0 Å². The Balaban J connectivity index is 1.83. The number of carbonyl (C=O) groups excluding carboxylic acids is 1. The van der Waals surface area contributed by atoms with Crippen molar-refractivity contribution in [3.63, 3.8) is 0 Å². The van der Waals surface area contributed by atoms with Crippen molar-refractivity contribution in [3.8, 4) is 0 Å². The van der Waals surface area contributed by atoms with Crippen molar-refractivity contribution in [2.24, 2.45) is 0 Å². The lowest BCUT2D eigenvalue weighted by Gasteiger charge is -2.16. The third-order valence-electron chi connectivity index (χ3n) is 3.76. The number of benzene rings is 1. The average Bonchev–Trinajstić information content (AvgIpc) is 2.66. The normalized spacial score (nSPS) is 10.5. The third-order valence-corrected chi connectivity index (χ3v) is 3.76. The smallest absolute Gasteiger partial charge is 0.319 e. The van der Waals surface area contributed by atoms with Crippen LogP contribution in [0.25, 0.3) is 0 Å². The maximum Gasteiger partial charge on any atom is 0.319 e. The molecule has 27 heavy (non-hydrogen) atoms. The van der Waals surface area contributed by atoms with Crippen LogP contribution in [0.5, 0.6) is 0 Å². The van der Waals surface area contributed by atoms with Crippen molar-refractivity contribution in [2.75, 3.05) is 44.1 Å². The molecular formula is C20H28N4O3. The van der Waals surface area contributed by atoms with Gasteiger partial charge in [0.25, 0.3) is 0 Å². The molecule has 1 aromatic carbocycles. The summed E-state index contributed by atoms with van der Waals surface area (Å²) in [6, 6.07) is 11.1. The molecule has 146 valence electrons. The SMILES string of the molecule is CCOCCOCc1cccc(NC(=O)NCc2cccnc2N(C)C)c1. The summed E-state index contributed by atoms with van der Waals surface area (Å²) in [5.41, 5.74) is 2.66. The first kappa shape index (κ1) is 20.7. The molecular weight excluding hydrogens is 344 g/mol. The Labute approximate surface area is 160 Å². The van der Waals surface area contributed by atoms with Gasteiger partial charge >= 0.3 is 6.03 Å². The molecule has 0 unspecified atom stereocenters. The summed E-state index contributed by atoms with van der Waals surface area (Å²) >= 11 is 0. The van der Waals surface area contributed by atoms with Crippen molar-refractivity contribution in [3.05, 3.63) is 53.7 Å². The highest BCUT2D eigenvalue weighted by Gasteiger charge is 2.08. The minimum absolute atomic E-state index is 0.266. The molecule has 7 nitrogen and oxygen atoms in total. The standard InChI is InChI=1S/C20H28N4O3/c1-4-26-11-12-27-15-16-7-5-9-18(13-16)23-20(25)22-14-17-8-6-10-21-19(17)24(2)3/h5-10,13H,4,11-12,14-15H2,1-3H3,(H2,22,23,25). The minimum Gasteiger partial charge on any atom is -0.379 e. The van der Waals surface area contributed by atoms with Gasteiger partial charge in [0.05, 0.1) is 19.8 Å². The number of hydrogen-bond acceptors (Lipinski definition) is 5. The van der Waals surface area contributed by atoms with Gasteiger partial charge in [-0.15, -0.1) is 0 Å². The summed E-state index contributed by atoms with van der Waals surface area (Å²) in [5.74, 6) is 0.837. The van der Waals surface area contributed by atoms with E-state index in [9.17, 15) is 4.79 Å². The zero-order chi connectivity index (χ0) is 19.5. The molecule has 0 saturated heterocycles. The third kappa shape index (κ3) is 7.24. The van der Waals surface area contributed by atoms with Crippen molar-refractivity contribution < 1.29 is 14.3 Å². The maximum absolute atomic E-state index is 12.2. The molecule has 0 aliphatic rings. The Morgan fingerprint density at radius 1 is 1.15 bits per heavy atom. The Morgan fingerprint density at radius 2 is 1.96 bits per heavy atom. The van der Waals surface area contributed by atoms with E-state index in [4.69, 9.17) is 9.47 Å². The van der Waals surface area contributed by atoms with Crippen LogP contribution in [0.4, 0.5) is 16.3 Å². The summed E-state index contributed by atoms with van der Waals surface area (Å²) in [6.45, 7) is 4.65. The highest BCUT2D eigenvalue weighted by atomic mass is 16.5. The van der Waals surface area contributed by atoms with E-state index in [0.29, 0.717) is 33.0 Å². The van der Waals surface area contributed by atoms with E-state index < -0.39 is 0 Å². The Bertz CT molecular complexity index is 722. The Morgan fingerprint density at radius 3 is 2.74 bits per heavy atom. The van der Waals surface area contributed by atoms with E-state index in [1.807, 2.05) is 62.3 Å². The van der Waals surface area contributed by atoms with Crippen LogP contribution in [0.1, 0.15) is 18.1 Å². The van der Waals surface area contributed by atoms with Crippen LogP contribution in [-0.2, 0) is 22.6 Å². The fourth-order valence-electron chi connectivity index (χ4n) is 2.51. The molecule has 2 rings (SSSR count). The highest BCUT2D eigenvalue weighted by Crippen LogP contribution is 2.14. The molecule has 0 aliphatic heterocycles. The first-order valence-electron chi connectivity index (χ1n) is 9.00. The van der Waals surface area contributed by atoms with Crippen LogP contribution < -0.4 is 15.5 Å². The maximum atomic E-state index is 12.2. The fraction of sp³-hybridized carbons (Fsp3) is 0.400. The van der Waals surface area contributed by atoms with E-state index in [0.717, 1.165) is 22.6 Å². The van der Waals surface area contributed by atoms with E-state index in [1.165, 1.54) is 0 Å². The number of nitrogens with zero attached hydrogens (tertiary/aromatic N) is 2. The molecule has 1 aromatic heterocycles. The lowest BCUT2D eigenvalue weighted by Crippen LogP contribution is -2.29. The van der Waals surface area contributed by atoms with Crippen LogP contribution >= 0.6 is 0 Å². The van der Waals surface area contributed by atoms with Gasteiger partial charge in [-0.25, -0.2) is 9.78 Å². The van der Waals surface area contributed by atoms with Crippen LogP contribution in [-0.4, -0.2) is 44.9 Å². The average molecular weight is 372 g/mol. The first-order valence-corrected chi connectivity index (χ1v) is 9.00. The van der Waals surface area contributed by atoms with E-state index in [1.54, 1.807) is 6.20 Å². The molecule has 0 atom stereocenters. The zero-order valence-corrected chi connectivity index (χ0v) is 16.2. The van der Waals surface area contributed by atoms with Gasteiger partial charge in [-0.05, 0) is 30.7 Å². The van der Waals surface area contributed by atoms with Gasteiger partial charge in [0.1, 0.15) is 5.82 Å². The summed E-state index contributed by atoms with van der Waals surface area (Å²) in [4.78, 5) is 18.5. The van der Waals surface area contributed by atoms with Crippen LogP contribution in [0.3, 0.4) is 0 Å². The lowest BCUT2D eigenvalue weighted by molar-refractivity contribution is 0.0453. The molecule has 2 aromatic rings. The number of anilines is 2. The van der Waals surface area contributed by atoms with Crippen LogP contribution in [0.2, 0.25) is 0 Å². The van der Waals surface area contributed by atoms with Gasteiger partial charge in [-0.1, -0.05) is 18.2 Å². The molecule has 2 N–H and O–H groups in total. The Kier molecular flexibility index (Phi) is 8.54. The van der Waals surface area contributed by atoms with Gasteiger partial charge in [-0.3, -0.25) is 0 Å². The number of amides is 2. The van der Waals surface area contributed by atoms with Crippen molar-refractivity contribution in [1.82, 2.24) is 10.3 Å². The molecule has 0 bridgehead atoms. The molecule has 0 spiro atoms. The predicted molar refractivity (Wildman–Crippen MR) is 107 cm³/mol. The highest BCUT2D eigenvalue weighted by molar-refractivity contribution is 5.89. The second-order valence-corrected chi connectivity index (χ2v) is 6.14. The van der Waals surface area contributed by atoms with Gasteiger partial charge in [-0.2, -0.15) is 0 Å². The molecule has 0 fully saturated rings. The quantitative estimate of drug-likeness (QED) is 0.627. The van der Waals surface area contributed by atoms with Crippen LogP contribution in [0, 0.1) is 0 Å². The lowest BCUT2D eigenvalue weighted by atomic mass is 10.2. The molecule has 0 saturated carbocycles. The van der Waals surface area contributed by atoms with Crippen molar-refractivity contribution in [2.45, 2.75) is 20.1 Å². The second-order valence-electron chi connectivity index (χ2n) is 6.14. The van der Waals surface area contributed by atoms with Gasteiger partial charge in [0.2, 0.25) is 0 Å². The number of carbonyl (C=O) groups is 1. The first-order chi connectivity index (χ1) is 13.1. The summed E-state index contributed by atoms with van der Waals surface area (Å²) in [7, 11) is 3.85. The summed E-state index contributed by atoms with van der Waals surface area (Å²) < 4.78 is 10.8. The van der Waals surface area contributed by atoms with Gasteiger partial charge in [0.15, 0.2) is 0 Å². The van der Waals surface area contributed by atoms with Crippen molar-refractivity contribution >= 4 is 17.5 Å². The second kappa shape index (κ2) is 11.2. The molecule has 7 heteroatoms. The van der Waals surface area contributed by atoms with Crippen molar-refractivity contribution in [1.29, 1.82) is 0 Å². The van der Waals surface area contributed by atoms with E-state index in [-0.39, 0.29) is 6.03 Å². The summed E-state index contributed by atoms with van der Waals surface area (Å²) in [6.07, 6.45) is 1.74. The number of ether oxygens (including phenoxy) is 2. The van der Waals surface area contributed by atoms with Crippen LogP contribution in [0.15, 0.2) is 42.6 Å². The molecule has 0 aliphatic carbocycles. The number of pyridine rings is 1. The van der Waals surface area contributed by atoms with Gasteiger partial charge in [0, 0.05) is 44.7 Å². The number of aromatic nitrogens is 1. The number of urea groups is 1. The number of hydrogen-bond donors (Lipinski definition) is 2. The Hall–Kier alpha value is -2.64. The molecule has 0 radical (unpaired) electrons. The van der Waals surface area contributed by atoms with E-state index >= 15 is 0 Å². The topological polar surface area (TPSA) is 75.7 Å². The monoisotopic (exact) mass is 372 g/mol. The fourth-order valence-corrected chi connectivity index (χ4v) is 2.51. The largest absolute Gasteiger partial charge is 0.379 e. The number of nitrogens with one attached hydrogen (secondary N) is 2. The van der Waals surface area contributed by atoms with E-state index in [2.05, 4.69) is 15.6 Å². The minimum atomic E-state index is -0.266. The molecule has 2 amide bonds. The predicted octanol–water partition coefficient (Wildman–Crippen LogP) is 3.02. The number of rotatable bonds is 10. The molecule has 1 heterocycles. The zero-order valence-electron chi connectivity index (χ0n) is 16.2.